The normalized spacial score (nSPS) is 20.3. The molecule has 43 heavy (non-hydrogen) atoms. The zero-order valence-electron chi connectivity index (χ0n) is 26.1. The monoisotopic (exact) mass is 609 g/mol. The average molecular weight is 610 g/mol. The van der Waals surface area contributed by atoms with Crippen LogP contribution in [0.15, 0.2) is 0 Å². The zero-order chi connectivity index (χ0) is 31.9. The predicted octanol–water partition coefficient (Wildman–Crippen LogP) is -0.673. The number of nitrogens with one attached hydrogen (secondary N) is 5. The van der Waals surface area contributed by atoms with Crippen LogP contribution in [0.1, 0.15) is 79.1 Å². The Morgan fingerprint density at radius 1 is 0.814 bits per heavy atom. The van der Waals surface area contributed by atoms with E-state index in [0.717, 1.165) is 19.4 Å². The third kappa shape index (κ3) is 12.1. The molecule has 2 heterocycles. The summed E-state index contributed by atoms with van der Waals surface area (Å²) in [6, 6.07) is -2.09. The van der Waals surface area contributed by atoms with Crippen molar-refractivity contribution >= 4 is 35.5 Å². The highest BCUT2D eigenvalue weighted by molar-refractivity contribution is 5.93. The van der Waals surface area contributed by atoms with E-state index in [4.69, 9.17) is 5.11 Å². The second-order valence-corrected chi connectivity index (χ2v) is 11.5. The highest BCUT2D eigenvalue weighted by Crippen LogP contribution is 2.18. The van der Waals surface area contributed by atoms with Crippen LogP contribution in [0.5, 0.6) is 0 Å². The van der Waals surface area contributed by atoms with Gasteiger partial charge in [-0.3, -0.25) is 28.8 Å². The fourth-order valence-electron chi connectivity index (χ4n) is 5.75. The maximum Gasteiger partial charge on any atom is 0.303 e. The number of hydrogen-bond acceptors (Lipinski definition) is 8. The first-order chi connectivity index (χ1) is 20.4. The molecule has 14 heteroatoms. The second-order valence-electron chi connectivity index (χ2n) is 11.5. The molecule has 14 nitrogen and oxygen atoms in total. The molecule has 0 bridgehead atoms. The van der Waals surface area contributed by atoms with Crippen molar-refractivity contribution in [3.8, 4) is 0 Å². The van der Waals surface area contributed by atoms with Gasteiger partial charge in [0.15, 0.2) is 0 Å². The van der Waals surface area contributed by atoms with Crippen molar-refractivity contribution in [2.75, 3.05) is 39.3 Å². The van der Waals surface area contributed by atoms with Crippen LogP contribution in [-0.4, -0.2) is 120 Å². The van der Waals surface area contributed by atoms with Gasteiger partial charge < -0.3 is 41.5 Å². The molecule has 5 atom stereocenters. The van der Waals surface area contributed by atoms with Gasteiger partial charge in [0.1, 0.15) is 18.1 Å². The smallest absolute Gasteiger partial charge is 0.303 e. The number of aliphatic carboxylic acids is 1. The lowest BCUT2D eigenvalue weighted by atomic mass is 10.0. The summed E-state index contributed by atoms with van der Waals surface area (Å²) in [5.74, 6) is -2.50. The summed E-state index contributed by atoms with van der Waals surface area (Å²) < 4.78 is 0. The van der Waals surface area contributed by atoms with Crippen LogP contribution in [0.25, 0.3) is 0 Å². The second kappa shape index (κ2) is 18.4. The number of rotatable bonds is 18. The molecule has 0 saturated carbocycles. The van der Waals surface area contributed by atoms with Crippen LogP contribution in [-0.2, 0) is 28.8 Å². The van der Waals surface area contributed by atoms with Crippen LogP contribution in [0.3, 0.4) is 0 Å². The topological polar surface area (TPSA) is 189 Å². The number of amides is 5. The molecule has 0 spiro atoms. The van der Waals surface area contributed by atoms with Gasteiger partial charge in [-0.2, -0.15) is 0 Å². The zero-order valence-corrected chi connectivity index (χ0v) is 26.1. The van der Waals surface area contributed by atoms with Gasteiger partial charge in [-0.05, 0) is 58.4 Å². The molecule has 2 aliphatic heterocycles. The Kier molecular flexibility index (Phi) is 15.4. The Labute approximate surface area is 254 Å². The predicted molar refractivity (Wildman–Crippen MR) is 160 cm³/mol. The van der Waals surface area contributed by atoms with Gasteiger partial charge in [0.25, 0.3) is 0 Å². The van der Waals surface area contributed by atoms with Crippen molar-refractivity contribution in [3.63, 3.8) is 0 Å². The van der Waals surface area contributed by atoms with Crippen molar-refractivity contribution in [2.24, 2.45) is 0 Å². The number of carboxylic acids is 1. The first-order valence-electron chi connectivity index (χ1n) is 15.5. The highest BCUT2D eigenvalue weighted by atomic mass is 16.4. The van der Waals surface area contributed by atoms with Gasteiger partial charge in [-0.25, -0.2) is 0 Å². The van der Waals surface area contributed by atoms with E-state index in [1.807, 2.05) is 13.8 Å². The molecule has 0 radical (unpaired) electrons. The quantitative estimate of drug-likeness (QED) is 0.109. The summed E-state index contributed by atoms with van der Waals surface area (Å²) in [6.45, 7) is 9.17. The molecule has 0 aromatic carbocycles. The van der Waals surface area contributed by atoms with E-state index in [1.165, 1.54) is 23.6 Å². The lowest BCUT2D eigenvalue weighted by Gasteiger charge is -2.27. The van der Waals surface area contributed by atoms with E-state index >= 15 is 0 Å². The number of hydrogen-bond donors (Lipinski definition) is 6. The van der Waals surface area contributed by atoms with Gasteiger partial charge >= 0.3 is 5.97 Å². The Hall–Kier alpha value is -3.26. The Balaban J connectivity index is 1.90. The summed E-state index contributed by atoms with van der Waals surface area (Å²) in [6.07, 6.45) is 4.74. The van der Waals surface area contributed by atoms with Crippen LogP contribution in [0.4, 0.5) is 0 Å². The number of nitrogens with zero attached hydrogens (tertiary/aromatic N) is 2. The van der Waals surface area contributed by atoms with Gasteiger partial charge in [-0.1, -0.05) is 6.92 Å². The standard InChI is InChI=1S/C29H51N7O7/c1-5-30-22(12-13-26(39)40)11-10-19(2)31-14-15-32-27(41)23(34-29(43)25-9-7-17-36(25)21(4)38)18-33-28(42)24-8-6-16-35(24)20(3)37/h19,22-25,30-31H,5-18H2,1-4H3,(H,32,41)(H,33,42)(H,34,43)(H,39,40). The minimum absolute atomic E-state index is 0.118. The molecule has 0 aromatic heterocycles. The van der Waals surface area contributed by atoms with E-state index in [-0.39, 0.29) is 49.3 Å². The van der Waals surface area contributed by atoms with E-state index in [9.17, 15) is 28.8 Å². The SMILES string of the molecule is CCNC(CCC(=O)O)CCC(C)NCCNC(=O)C(CNC(=O)C1CCCN1C(C)=O)NC(=O)C1CCCN1C(C)=O. The van der Waals surface area contributed by atoms with Gasteiger partial charge in [-0.15, -0.1) is 0 Å². The fraction of sp³-hybridized carbons (Fsp3) is 0.793. The third-order valence-electron chi connectivity index (χ3n) is 8.10. The lowest BCUT2D eigenvalue weighted by molar-refractivity contribution is -0.138. The molecule has 6 N–H and O–H groups in total. The maximum atomic E-state index is 13.2. The van der Waals surface area contributed by atoms with E-state index < -0.39 is 35.9 Å². The van der Waals surface area contributed by atoms with Crippen molar-refractivity contribution in [1.82, 2.24) is 36.4 Å². The summed E-state index contributed by atoms with van der Waals surface area (Å²) in [4.78, 5) is 76.9. The highest BCUT2D eigenvalue weighted by Gasteiger charge is 2.36. The number of carbonyl (C=O) groups excluding carboxylic acids is 5. The molecule has 244 valence electrons. The minimum atomic E-state index is -1.06. The molecule has 2 saturated heterocycles. The van der Waals surface area contributed by atoms with Crippen molar-refractivity contribution in [3.05, 3.63) is 0 Å². The summed E-state index contributed by atoms with van der Waals surface area (Å²) in [7, 11) is 0. The lowest BCUT2D eigenvalue weighted by Crippen LogP contribution is -2.58. The first kappa shape index (κ1) is 35.9. The molecule has 5 amide bonds. The van der Waals surface area contributed by atoms with Crippen molar-refractivity contribution < 1.29 is 33.9 Å². The van der Waals surface area contributed by atoms with Crippen LogP contribution in [0, 0.1) is 0 Å². The molecule has 2 aliphatic rings. The largest absolute Gasteiger partial charge is 0.481 e. The fourth-order valence-corrected chi connectivity index (χ4v) is 5.75. The van der Waals surface area contributed by atoms with Crippen LogP contribution < -0.4 is 26.6 Å². The number of carboxylic acid groups (broad SMARTS) is 1. The molecular formula is C29H51N7O7. The molecule has 0 aliphatic carbocycles. The minimum Gasteiger partial charge on any atom is -0.481 e. The first-order valence-corrected chi connectivity index (χ1v) is 15.5. The van der Waals surface area contributed by atoms with E-state index in [1.54, 1.807) is 0 Å². The van der Waals surface area contributed by atoms with E-state index in [0.29, 0.717) is 51.7 Å². The Morgan fingerprint density at radius 2 is 1.42 bits per heavy atom. The Bertz CT molecular complexity index is 979. The molecule has 0 aromatic rings. The summed E-state index contributed by atoms with van der Waals surface area (Å²) in [5, 5.41) is 23.9. The van der Waals surface area contributed by atoms with Crippen LogP contribution in [0.2, 0.25) is 0 Å². The third-order valence-corrected chi connectivity index (χ3v) is 8.10. The van der Waals surface area contributed by atoms with Crippen molar-refractivity contribution in [2.45, 2.75) is 109 Å². The number of likely N-dealkylation sites (tertiary alicyclic amines) is 2. The average Bonchev–Trinajstić information content (AvgIpc) is 3.65. The van der Waals surface area contributed by atoms with Crippen LogP contribution >= 0.6 is 0 Å². The van der Waals surface area contributed by atoms with Gasteiger partial charge in [0, 0.05) is 65.1 Å². The molecule has 2 rings (SSSR count). The summed E-state index contributed by atoms with van der Waals surface area (Å²) in [5.41, 5.74) is 0. The number of carbonyl (C=O) groups is 6. The van der Waals surface area contributed by atoms with Gasteiger partial charge in [0.2, 0.25) is 29.5 Å². The van der Waals surface area contributed by atoms with Gasteiger partial charge in [0.05, 0.1) is 0 Å². The van der Waals surface area contributed by atoms with E-state index in [2.05, 4.69) is 26.6 Å². The molecule has 2 fully saturated rings. The van der Waals surface area contributed by atoms with Crippen molar-refractivity contribution in [1.29, 1.82) is 0 Å². The molecule has 5 unspecified atom stereocenters. The Morgan fingerprint density at radius 3 is 1.98 bits per heavy atom. The molecular weight excluding hydrogens is 558 g/mol. The summed E-state index contributed by atoms with van der Waals surface area (Å²) >= 11 is 0. The maximum absolute atomic E-state index is 13.2.